The molecular formula is C26H22BrN5O5. The van der Waals surface area contributed by atoms with Gasteiger partial charge in [0.25, 0.3) is 17.5 Å². The van der Waals surface area contributed by atoms with Crippen LogP contribution in [0.1, 0.15) is 50.9 Å². The number of hydrogen-bond donors (Lipinski definition) is 1. The molecule has 0 bridgehead atoms. The topological polar surface area (TPSA) is 131 Å². The van der Waals surface area contributed by atoms with E-state index in [9.17, 15) is 19.7 Å². The van der Waals surface area contributed by atoms with Crippen LogP contribution in [-0.2, 0) is 0 Å². The van der Waals surface area contributed by atoms with Gasteiger partial charge in [-0.15, -0.1) is 0 Å². The lowest BCUT2D eigenvalue weighted by atomic mass is 9.89. The summed E-state index contributed by atoms with van der Waals surface area (Å²) in [5.41, 5.74) is 3.06. The van der Waals surface area contributed by atoms with Crippen LogP contribution in [0.2, 0.25) is 0 Å². The molecule has 188 valence electrons. The molecule has 2 aromatic heterocycles. The van der Waals surface area contributed by atoms with E-state index in [0.29, 0.717) is 35.3 Å². The molecular weight excluding hydrogens is 542 g/mol. The zero-order valence-electron chi connectivity index (χ0n) is 19.8. The number of pyridine rings is 1. The first-order valence-electron chi connectivity index (χ1n) is 11.7. The van der Waals surface area contributed by atoms with Crippen molar-refractivity contribution in [3.05, 3.63) is 91.8 Å². The molecule has 0 radical (unpaired) electrons. The first-order chi connectivity index (χ1) is 17.8. The number of likely N-dealkylation sites (tertiary alicyclic amines) is 1. The summed E-state index contributed by atoms with van der Waals surface area (Å²) in [6.07, 6.45) is 2.70. The van der Waals surface area contributed by atoms with Crippen molar-refractivity contribution in [2.24, 2.45) is 0 Å². The van der Waals surface area contributed by atoms with E-state index < -0.39 is 4.92 Å². The number of fused-ring (bicyclic) bond motifs is 1. The second kappa shape index (κ2) is 10.1. The number of aryl methyl sites for hydroxylation is 1. The molecule has 1 aliphatic heterocycles. The molecule has 0 spiro atoms. The van der Waals surface area contributed by atoms with Gasteiger partial charge in [0, 0.05) is 28.8 Å². The number of halogens is 1. The van der Waals surface area contributed by atoms with Gasteiger partial charge in [-0.1, -0.05) is 33.2 Å². The van der Waals surface area contributed by atoms with Crippen molar-refractivity contribution in [1.29, 1.82) is 0 Å². The van der Waals surface area contributed by atoms with Crippen molar-refractivity contribution in [2.45, 2.75) is 25.7 Å². The zero-order valence-corrected chi connectivity index (χ0v) is 21.4. The number of nitrogens with one attached hydrogen (secondary N) is 1. The van der Waals surface area contributed by atoms with E-state index >= 15 is 0 Å². The quantitative estimate of drug-likeness (QED) is 0.251. The zero-order chi connectivity index (χ0) is 26.1. The van der Waals surface area contributed by atoms with Crippen LogP contribution in [0, 0.1) is 17.0 Å². The van der Waals surface area contributed by atoms with Crippen LogP contribution in [0.3, 0.4) is 0 Å². The van der Waals surface area contributed by atoms with Gasteiger partial charge in [0.2, 0.25) is 0 Å². The number of amides is 2. The number of aromatic nitrogens is 2. The van der Waals surface area contributed by atoms with Crippen LogP contribution < -0.4 is 5.32 Å². The SMILES string of the molecule is Cc1cc(C(=O)N2CCC(c3ccc(NC(=O)c4noc5ccc(Br)cc45)cc3)CC2)ncc1[N+](=O)[O-]. The molecule has 10 nitrogen and oxygen atoms in total. The lowest BCUT2D eigenvalue weighted by Gasteiger charge is -2.32. The van der Waals surface area contributed by atoms with Gasteiger partial charge in [0.1, 0.15) is 11.9 Å². The minimum atomic E-state index is -0.506. The number of nitro groups is 1. The van der Waals surface area contributed by atoms with E-state index in [1.165, 1.54) is 6.07 Å². The summed E-state index contributed by atoms with van der Waals surface area (Å²) < 4.78 is 6.07. The van der Waals surface area contributed by atoms with Crippen LogP contribution in [0.5, 0.6) is 0 Å². The molecule has 4 aromatic rings. The number of carbonyl (C=O) groups is 2. The molecule has 3 heterocycles. The Kier molecular flexibility index (Phi) is 6.70. The Labute approximate surface area is 219 Å². The fraction of sp³-hybridized carbons (Fsp3) is 0.231. The highest BCUT2D eigenvalue weighted by molar-refractivity contribution is 9.10. The second-order valence-electron chi connectivity index (χ2n) is 8.93. The molecule has 5 rings (SSSR count). The molecule has 2 aromatic carbocycles. The molecule has 11 heteroatoms. The van der Waals surface area contributed by atoms with E-state index in [0.717, 1.165) is 29.1 Å². The van der Waals surface area contributed by atoms with Gasteiger partial charge < -0.3 is 14.7 Å². The predicted molar refractivity (Wildman–Crippen MR) is 140 cm³/mol. The maximum Gasteiger partial charge on any atom is 0.290 e. The standard InChI is InChI=1S/C26H22BrN5O5/c1-15-12-21(28-14-22(15)32(35)36)26(34)31-10-8-17(9-11-31)16-2-5-19(6-3-16)29-25(33)24-20-13-18(27)4-7-23(20)37-30-24/h2-7,12-14,17H,8-11H2,1H3,(H,29,33). The maximum absolute atomic E-state index is 12.9. The first kappa shape index (κ1) is 24.6. The van der Waals surface area contributed by atoms with Gasteiger partial charge in [-0.25, -0.2) is 4.98 Å². The third-order valence-corrected chi connectivity index (χ3v) is 7.06. The van der Waals surface area contributed by atoms with Crippen molar-refractivity contribution in [3.63, 3.8) is 0 Å². The Hall–Kier alpha value is -4.12. The van der Waals surface area contributed by atoms with Crippen LogP contribution >= 0.6 is 15.9 Å². The summed E-state index contributed by atoms with van der Waals surface area (Å²) >= 11 is 3.40. The van der Waals surface area contributed by atoms with Gasteiger partial charge in [-0.3, -0.25) is 19.7 Å². The van der Waals surface area contributed by atoms with Crippen LogP contribution in [-0.4, -0.2) is 44.9 Å². The molecule has 1 fully saturated rings. The number of nitrogens with zero attached hydrogens (tertiary/aromatic N) is 4. The van der Waals surface area contributed by atoms with Crippen molar-refractivity contribution in [3.8, 4) is 0 Å². The molecule has 1 aliphatic rings. The molecule has 2 amide bonds. The number of carbonyl (C=O) groups excluding carboxylic acids is 2. The summed E-state index contributed by atoms with van der Waals surface area (Å²) in [5, 5.41) is 18.4. The second-order valence-corrected chi connectivity index (χ2v) is 9.84. The molecule has 1 saturated heterocycles. The van der Waals surface area contributed by atoms with Crippen LogP contribution in [0.25, 0.3) is 11.0 Å². The fourth-order valence-corrected chi connectivity index (χ4v) is 4.90. The lowest BCUT2D eigenvalue weighted by molar-refractivity contribution is -0.385. The fourth-order valence-electron chi connectivity index (χ4n) is 4.54. The number of rotatable bonds is 5. The van der Waals surface area contributed by atoms with Crippen molar-refractivity contribution < 1.29 is 19.0 Å². The third kappa shape index (κ3) is 5.08. The van der Waals surface area contributed by atoms with E-state index in [1.54, 1.807) is 24.0 Å². The van der Waals surface area contributed by atoms with Crippen molar-refractivity contribution in [1.82, 2.24) is 15.0 Å². The molecule has 0 atom stereocenters. The highest BCUT2D eigenvalue weighted by Crippen LogP contribution is 2.30. The number of anilines is 1. The van der Waals surface area contributed by atoms with Crippen LogP contribution in [0.15, 0.2) is 63.7 Å². The van der Waals surface area contributed by atoms with Gasteiger partial charge in [-0.05, 0) is 67.6 Å². The largest absolute Gasteiger partial charge is 0.355 e. The number of hydrogen-bond acceptors (Lipinski definition) is 7. The Morgan fingerprint density at radius 3 is 2.54 bits per heavy atom. The Morgan fingerprint density at radius 2 is 1.86 bits per heavy atom. The molecule has 37 heavy (non-hydrogen) atoms. The first-order valence-corrected chi connectivity index (χ1v) is 12.5. The number of benzene rings is 2. The monoisotopic (exact) mass is 563 g/mol. The van der Waals surface area contributed by atoms with Gasteiger partial charge >= 0.3 is 0 Å². The van der Waals surface area contributed by atoms with E-state index in [-0.39, 0.29) is 34.8 Å². The molecule has 0 unspecified atom stereocenters. The van der Waals surface area contributed by atoms with Gasteiger partial charge in [-0.2, -0.15) is 0 Å². The summed E-state index contributed by atoms with van der Waals surface area (Å²) in [6, 6.07) is 14.5. The Morgan fingerprint density at radius 1 is 1.14 bits per heavy atom. The van der Waals surface area contributed by atoms with Crippen LogP contribution in [0.4, 0.5) is 11.4 Å². The molecule has 1 N–H and O–H groups in total. The highest BCUT2D eigenvalue weighted by atomic mass is 79.9. The average Bonchev–Trinajstić information content (AvgIpc) is 3.32. The van der Waals surface area contributed by atoms with Gasteiger partial charge in [0.15, 0.2) is 11.3 Å². The average molecular weight is 564 g/mol. The van der Waals surface area contributed by atoms with E-state index in [1.807, 2.05) is 30.3 Å². The maximum atomic E-state index is 12.9. The van der Waals surface area contributed by atoms with E-state index in [2.05, 4.69) is 31.4 Å². The predicted octanol–water partition coefficient (Wildman–Crippen LogP) is 5.47. The summed E-state index contributed by atoms with van der Waals surface area (Å²) in [5.74, 6) is -0.300. The smallest absolute Gasteiger partial charge is 0.290 e. The van der Waals surface area contributed by atoms with Gasteiger partial charge in [0.05, 0.1) is 10.3 Å². The minimum absolute atomic E-state index is 0.0997. The number of piperidine rings is 1. The Bertz CT molecular complexity index is 1510. The van der Waals surface area contributed by atoms with Crippen molar-refractivity contribution in [2.75, 3.05) is 18.4 Å². The minimum Gasteiger partial charge on any atom is -0.355 e. The summed E-state index contributed by atoms with van der Waals surface area (Å²) in [6.45, 7) is 2.73. The van der Waals surface area contributed by atoms with E-state index in [4.69, 9.17) is 4.52 Å². The normalized spacial score (nSPS) is 14.1. The lowest BCUT2D eigenvalue weighted by Crippen LogP contribution is -2.38. The highest BCUT2D eigenvalue weighted by Gasteiger charge is 2.26. The summed E-state index contributed by atoms with van der Waals surface area (Å²) in [7, 11) is 0. The summed E-state index contributed by atoms with van der Waals surface area (Å²) in [4.78, 5) is 41.9. The third-order valence-electron chi connectivity index (χ3n) is 6.57. The molecule has 0 saturated carbocycles. The molecule has 0 aliphatic carbocycles. The van der Waals surface area contributed by atoms with Crippen molar-refractivity contribution >= 4 is 50.1 Å². The Balaban J connectivity index is 1.19.